The average molecular weight is 458 g/mol. The molecule has 7 nitrogen and oxygen atoms in total. The van der Waals surface area contributed by atoms with Crippen molar-refractivity contribution < 1.29 is 14.3 Å². The van der Waals surface area contributed by atoms with Crippen LogP contribution in [-0.4, -0.2) is 45.6 Å². The molecule has 1 amide bonds. The second kappa shape index (κ2) is 9.23. The SMILES string of the molecule is Cc1sc2nc(COC(=O)c3ccccc3SCC(=O)N3CCCC3)[nH]c(=O)c2c1C. The highest BCUT2D eigenvalue weighted by molar-refractivity contribution is 8.00. The van der Waals surface area contributed by atoms with E-state index < -0.39 is 5.97 Å². The van der Waals surface area contributed by atoms with E-state index in [0.717, 1.165) is 36.4 Å². The van der Waals surface area contributed by atoms with Crippen molar-refractivity contribution in [2.24, 2.45) is 0 Å². The van der Waals surface area contributed by atoms with Crippen LogP contribution in [0.4, 0.5) is 0 Å². The third-order valence-electron chi connectivity index (χ3n) is 5.34. The summed E-state index contributed by atoms with van der Waals surface area (Å²) in [5.74, 6) is 0.161. The monoisotopic (exact) mass is 457 g/mol. The molecule has 0 bridgehead atoms. The van der Waals surface area contributed by atoms with Gasteiger partial charge >= 0.3 is 5.97 Å². The number of benzene rings is 1. The summed E-state index contributed by atoms with van der Waals surface area (Å²) in [6.45, 7) is 5.33. The Balaban J connectivity index is 1.44. The van der Waals surface area contributed by atoms with Crippen LogP contribution in [0, 0.1) is 13.8 Å². The van der Waals surface area contributed by atoms with E-state index in [4.69, 9.17) is 4.74 Å². The number of nitrogens with zero attached hydrogens (tertiary/aromatic N) is 2. The minimum absolute atomic E-state index is 0.0854. The number of fused-ring (bicyclic) bond motifs is 1. The fourth-order valence-electron chi connectivity index (χ4n) is 3.54. The molecule has 31 heavy (non-hydrogen) atoms. The van der Waals surface area contributed by atoms with Gasteiger partial charge in [-0.25, -0.2) is 9.78 Å². The minimum atomic E-state index is -0.516. The number of nitrogens with one attached hydrogen (secondary N) is 1. The lowest BCUT2D eigenvalue weighted by molar-refractivity contribution is -0.127. The highest BCUT2D eigenvalue weighted by Crippen LogP contribution is 2.26. The molecule has 1 aliphatic rings. The summed E-state index contributed by atoms with van der Waals surface area (Å²) in [5, 5.41) is 0.585. The summed E-state index contributed by atoms with van der Waals surface area (Å²) in [7, 11) is 0. The Kier molecular flexibility index (Phi) is 6.43. The van der Waals surface area contributed by atoms with Gasteiger partial charge in [0.2, 0.25) is 5.91 Å². The Morgan fingerprint density at radius 1 is 1.23 bits per heavy atom. The number of aryl methyl sites for hydroxylation is 2. The Morgan fingerprint density at radius 2 is 1.97 bits per heavy atom. The summed E-state index contributed by atoms with van der Waals surface area (Å²) >= 11 is 2.79. The van der Waals surface area contributed by atoms with E-state index in [1.54, 1.807) is 12.1 Å². The number of likely N-dealkylation sites (tertiary alicyclic amines) is 1. The van der Waals surface area contributed by atoms with Crippen LogP contribution in [0.2, 0.25) is 0 Å². The van der Waals surface area contributed by atoms with Gasteiger partial charge in [0.15, 0.2) is 0 Å². The largest absolute Gasteiger partial charge is 0.454 e. The molecular weight excluding hydrogens is 434 g/mol. The molecule has 2 aromatic heterocycles. The number of carbonyl (C=O) groups is 2. The molecule has 4 rings (SSSR count). The van der Waals surface area contributed by atoms with E-state index in [9.17, 15) is 14.4 Å². The number of thiophene rings is 1. The van der Waals surface area contributed by atoms with Crippen molar-refractivity contribution in [2.45, 2.75) is 38.2 Å². The highest BCUT2D eigenvalue weighted by atomic mass is 32.2. The Hall–Kier alpha value is -2.65. The number of thioether (sulfide) groups is 1. The Bertz CT molecular complexity index is 1200. The van der Waals surface area contributed by atoms with Crippen LogP contribution >= 0.6 is 23.1 Å². The number of ether oxygens (including phenoxy) is 1. The molecule has 1 fully saturated rings. The maximum atomic E-state index is 12.7. The number of carbonyl (C=O) groups excluding carboxylic acids is 2. The standard InChI is InChI=1S/C22H23N3O4S2/c1-13-14(2)31-21-19(13)20(27)23-17(24-21)11-29-22(28)15-7-3-4-8-16(15)30-12-18(26)25-9-5-6-10-25/h3-4,7-8H,5-6,9-12H2,1-2H3,(H,23,24,27). The number of esters is 1. The summed E-state index contributed by atoms with van der Waals surface area (Å²) in [5.41, 5.74) is 1.09. The first kappa shape index (κ1) is 21.6. The lowest BCUT2D eigenvalue weighted by Gasteiger charge is -2.15. The molecular formula is C22H23N3O4S2. The maximum Gasteiger partial charge on any atom is 0.339 e. The minimum Gasteiger partial charge on any atom is -0.454 e. The molecule has 162 valence electrons. The van der Waals surface area contributed by atoms with Crippen molar-refractivity contribution in [1.82, 2.24) is 14.9 Å². The van der Waals surface area contributed by atoms with Gasteiger partial charge in [0.05, 0.1) is 16.7 Å². The topological polar surface area (TPSA) is 92.4 Å². The number of aromatic nitrogens is 2. The molecule has 1 aromatic carbocycles. The van der Waals surface area contributed by atoms with Gasteiger partial charge in [-0.3, -0.25) is 9.59 Å². The van der Waals surface area contributed by atoms with Crippen LogP contribution in [0.15, 0.2) is 34.0 Å². The zero-order valence-corrected chi connectivity index (χ0v) is 19.0. The molecule has 0 saturated carbocycles. The van der Waals surface area contributed by atoms with Gasteiger partial charge in [0.1, 0.15) is 17.3 Å². The molecule has 9 heteroatoms. The zero-order chi connectivity index (χ0) is 22.0. The molecule has 0 atom stereocenters. The number of hydrogen-bond acceptors (Lipinski definition) is 7. The Labute approximate surface area is 187 Å². The summed E-state index contributed by atoms with van der Waals surface area (Å²) in [6.07, 6.45) is 2.09. The first-order valence-electron chi connectivity index (χ1n) is 10.1. The quantitative estimate of drug-likeness (QED) is 0.448. The van der Waals surface area contributed by atoms with Crippen molar-refractivity contribution in [1.29, 1.82) is 0 Å². The highest BCUT2D eigenvalue weighted by Gasteiger charge is 2.20. The van der Waals surface area contributed by atoms with E-state index in [-0.39, 0.29) is 23.8 Å². The molecule has 0 radical (unpaired) electrons. The van der Waals surface area contributed by atoms with E-state index in [1.807, 2.05) is 30.9 Å². The number of rotatable bonds is 6. The lowest BCUT2D eigenvalue weighted by atomic mass is 10.2. The second-order valence-corrected chi connectivity index (χ2v) is 9.65. The molecule has 1 N–H and O–H groups in total. The molecule has 1 aliphatic heterocycles. The van der Waals surface area contributed by atoms with Crippen LogP contribution in [0.5, 0.6) is 0 Å². The predicted octanol–water partition coefficient (Wildman–Crippen LogP) is 3.67. The van der Waals surface area contributed by atoms with Gasteiger partial charge < -0.3 is 14.6 Å². The first-order valence-corrected chi connectivity index (χ1v) is 11.9. The second-order valence-electron chi connectivity index (χ2n) is 7.42. The summed E-state index contributed by atoms with van der Waals surface area (Å²) < 4.78 is 5.43. The van der Waals surface area contributed by atoms with E-state index in [0.29, 0.717) is 26.5 Å². The molecule has 3 aromatic rings. The van der Waals surface area contributed by atoms with Crippen molar-refractivity contribution >= 4 is 45.2 Å². The van der Waals surface area contributed by atoms with E-state index in [1.165, 1.54) is 23.1 Å². The maximum absolute atomic E-state index is 12.7. The molecule has 0 unspecified atom stereocenters. The van der Waals surface area contributed by atoms with Crippen LogP contribution in [0.3, 0.4) is 0 Å². The van der Waals surface area contributed by atoms with Gasteiger partial charge in [-0.2, -0.15) is 0 Å². The number of H-pyrrole nitrogens is 1. The fraction of sp³-hybridized carbons (Fsp3) is 0.364. The summed E-state index contributed by atoms with van der Waals surface area (Å²) in [6, 6.07) is 7.07. The van der Waals surface area contributed by atoms with Crippen LogP contribution < -0.4 is 5.56 Å². The van der Waals surface area contributed by atoms with Gasteiger partial charge in [-0.05, 0) is 44.4 Å². The van der Waals surface area contributed by atoms with Crippen molar-refractivity contribution in [2.75, 3.05) is 18.8 Å². The lowest BCUT2D eigenvalue weighted by Crippen LogP contribution is -2.29. The molecule has 0 spiro atoms. The zero-order valence-electron chi connectivity index (χ0n) is 17.4. The third-order valence-corrected chi connectivity index (χ3v) is 7.50. The Morgan fingerprint density at radius 3 is 2.74 bits per heavy atom. The van der Waals surface area contributed by atoms with Gasteiger partial charge in [-0.1, -0.05) is 12.1 Å². The first-order chi connectivity index (χ1) is 14.9. The van der Waals surface area contributed by atoms with Crippen molar-refractivity contribution in [3.8, 4) is 0 Å². The fourth-order valence-corrected chi connectivity index (χ4v) is 5.53. The van der Waals surface area contributed by atoms with Crippen LogP contribution in [0.25, 0.3) is 10.2 Å². The van der Waals surface area contributed by atoms with Gasteiger partial charge in [0.25, 0.3) is 5.56 Å². The van der Waals surface area contributed by atoms with Crippen LogP contribution in [0.1, 0.15) is 39.5 Å². The summed E-state index contributed by atoms with van der Waals surface area (Å²) in [4.78, 5) is 48.8. The normalized spacial score (nSPS) is 13.7. The molecule has 0 aliphatic carbocycles. The van der Waals surface area contributed by atoms with Crippen molar-refractivity contribution in [3.05, 3.63) is 56.4 Å². The van der Waals surface area contributed by atoms with Gasteiger partial charge in [0, 0.05) is 22.9 Å². The van der Waals surface area contributed by atoms with E-state index in [2.05, 4.69) is 9.97 Å². The molecule has 1 saturated heterocycles. The number of hydrogen-bond donors (Lipinski definition) is 1. The molecule has 3 heterocycles. The average Bonchev–Trinajstić information content (AvgIpc) is 3.39. The van der Waals surface area contributed by atoms with Crippen molar-refractivity contribution in [3.63, 3.8) is 0 Å². The third kappa shape index (κ3) is 4.67. The van der Waals surface area contributed by atoms with E-state index >= 15 is 0 Å². The number of amides is 1. The smallest absolute Gasteiger partial charge is 0.339 e. The predicted molar refractivity (Wildman–Crippen MR) is 122 cm³/mol. The van der Waals surface area contributed by atoms with Gasteiger partial charge in [-0.15, -0.1) is 23.1 Å². The number of aromatic amines is 1. The van der Waals surface area contributed by atoms with Crippen LogP contribution in [-0.2, 0) is 16.1 Å².